The second-order valence-corrected chi connectivity index (χ2v) is 10.6. The van der Waals surface area contributed by atoms with Gasteiger partial charge in [0.05, 0.1) is 0 Å². The van der Waals surface area contributed by atoms with Crippen LogP contribution in [0.1, 0.15) is 79.6 Å². The van der Waals surface area contributed by atoms with E-state index in [1.165, 1.54) is 29.6 Å². The van der Waals surface area contributed by atoms with Crippen molar-refractivity contribution in [2.45, 2.75) is 79.6 Å². The summed E-state index contributed by atoms with van der Waals surface area (Å²) < 4.78 is 0. The minimum Gasteiger partial charge on any atom is -0.121 e. The maximum absolute atomic E-state index is 4.71. The van der Waals surface area contributed by atoms with Gasteiger partial charge in [-0.2, -0.15) is 0 Å². The van der Waals surface area contributed by atoms with Crippen LogP contribution >= 0.6 is 0 Å². The molecule has 2 bridgehead atoms. The van der Waals surface area contributed by atoms with E-state index in [-0.39, 0.29) is 5.41 Å². The molecule has 1 fully saturated rings. The molecular weight excluding hydrogens is 360 g/mol. The maximum atomic E-state index is 4.71. The zero-order valence-corrected chi connectivity index (χ0v) is 20.1. The Labute approximate surface area is 185 Å². The average Bonchev–Trinajstić information content (AvgIpc) is 3.07. The molecule has 0 aromatic heterocycles. The third-order valence-corrected chi connectivity index (χ3v) is 7.83. The van der Waals surface area contributed by atoms with E-state index >= 15 is 0 Å². The van der Waals surface area contributed by atoms with Crippen LogP contribution in [0, 0.1) is 29.1 Å². The molecule has 0 nitrogen and oxygen atoms in total. The Hall–Kier alpha value is -1.78. The lowest BCUT2D eigenvalue weighted by atomic mass is 9.70. The SMILES string of the molecule is C=CC(C)(C)CC1C(C)=CCC2CC1C(=CCC)CC(C1=C=CC=C(C)CC1)C2=C. The molecule has 0 amide bonds. The van der Waals surface area contributed by atoms with Crippen LogP contribution < -0.4 is 0 Å². The topological polar surface area (TPSA) is 0 Å². The lowest BCUT2D eigenvalue weighted by Crippen LogP contribution is -2.24. The highest BCUT2D eigenvalue weighted by Crippen LogP contribution is 2.51. The molecule has 0 aromatic rings. The van der Waals surface area contributed by atoms with Crippen molar-refractivity contribution >= 4 is 0 Å². The molecule has 0 aromatic carbocycles. The summed E-state index contributed by atoms with van der Waals surface area (Å²) in [4.78, 5) is 0. The zero-order valence-electron chi connectivity index (χ0n) is 20.1. The van der Waals surface area contributed by atoms with E-state index in [4.69, 9.17) is 6.58 Å². The van der Waals surface area contributed by atoms with Crippen molar-refractivity contribution in [3.05, 3.63) is 77.1 Å². The second kappa shape index (κ2) is 9.57. The van der Waals surface area contributed by atoms with Crippen molar-refractivity contribution in [1.82, 2.24) is 0 Å². The molecule has 3 aliphatic carbocycles. The Bertz CT molecular complexity index is 831. The minimum atomic E-state index is 0.162. The molecule has 0 N–H and O–H groups in total. The molecule has 162 valence electrons. The van der Waals surface area contributed by atoms with Crippen molar-refractivity contribution in [2.75, 3.05) is 0 Å². The highest BCUT2D eigenvalue weighted by Gasteiger charge is 2.39. The molecule has 4 unspecified atom stereocenters. The van der Waals surface area contributed by atoms with Crippen molar-refractivity contribution in [1.29, 1.82) is 0 Å². The predicted molar refractivity (Wildman–Crippen MR) is 132 cm³/mol. The first kappa shape index (κ1) is 22.9. The summed E-state index contributed by atoms with van der Waals surface area (Å²) in [6.07, 6.45) is 19.7. The van der Waals surface area contributed by atoms with Gasteiger partial charge in [-0.3, -0.25) is 0 Å². The lowest BCUT2D eigenvalue weighted by molar-refractivity contribution is 0.283. The maximum Gasteiger partial charge on any atom is 0.0120 e. The normalized spacial score (nSPS) is 31.3. The molecule has 0 heterocycles. The Morgan fingerprint density at radius 3 is 2.70 bits per heavy atom. The van der Waals surface area contributed by atoms with Gasteiger partial charge in [0.1, 0.15) is 0 Å². The highest BCUT2D eigenvalue weighted by atomic mass is 14.4. The fourth-order valence-corrected chi connectivity index (χ4v) is 5.73. The summed E-state index contributed by atoms with van der Waals surface area (Å²) in [5.41, 5.74) is 11.5. The molecule has 3 aliphatic rings. The molecule has 4 atom stereocenters. The standard InChI is InChI=1S/C30H42/c1-8-11-26-19-27(24-13-10-12-21(3)14-16-24)23(5)25-17-15-22(4)29(28(26)18-25)20-30(6,7)9-2/h9-12,15,25,27-29H,2,5,8,14,16-20H2,1,3-4,6-7H3. The van der Waals surface area contributed by atoms with Gasteiger partial charge >= 0.3 is 0 Å². The number of allylic oxidation sites excluding steroid dienone is 9. The van der Waals surface area contributed by atoms with E-state index in [1.54, 1.807) is 11.1 Å². The molecular formula is C30H42. The fraction of sp³-hybridized carbons (Fsp3) is 0.567. The monoisotopic (exact) mass is 402 g/mol. The molecule has 3 rings (SSSR count). The van der Waals surface area contributed by atoms with Crippen LogP contribution in [0.4, 0.5) is 0 Å². The molecule has 30 heavy (non-hydrogen) atoms. The summed E-state index contributed by atoms with van der Waals surface area (Å²) in [7, 11) is 0. The van der Waals surface area contributed by atoms with E-state index < -0.39 is 0 Å². The molecule has 0 aliphatic heterocycles. The van der Waals surface area contributed by atoms with Gasteiger partial charge in [-0.25, -0.2) is 0 Å². The quantitative estimate of drug-likeness (QED) is 0.318. The molecule has 0 spiro atoms. The minimum absolute atomic E-state index is 0.162. The molecule has 0 heteroatoms. The van der Waals surface area contributed by atoms with Crippen molar-refractivity contribution in [3.8, 4) is 0 Å². The summed E-state index contributed by atoms with van der Waals surface area (Å²) in [6.45, 7) is 20.4. The van der Waals surface area contributed by atoms with Crippen molar-refractivity contribution in [2.24, 2.45) is 29.1 Å². The van der Waals surface area contributed by atoms with E-state index in [0.29, 0.717) is 23.7 Å². The van der Waals surface area contributed by atoms with Crippen molar-refractivity contribution in [3.63, 3.8) is 0 Å². The molecule has 1 saturated carbocycles. The van der Waals surface area contributed by atoms with Gasteiger partial charge in [-0.1, -0.05) is 73.9 Å². The van der Waals surface area contributed by atoms with Gasteiger partial charge in [0.25, 0.3) is 0 Å². The van der Waals surface area contributed by atoms with Gasteiger partial charge in [0, 0.05) is 5.92 Å². The van der Waals surface area contributed by atoms with E-state index in [2.05, 4.69) is 77.3 Å². The van der Waals surface area contributed by atoms with Crippen LogP contribution in [0.15, 0.2) is 77.1 Å². The van der Waals surface area contributed by atoms with Crippen LogP contribution in [0.5, 0.6) is 0 Å². The van der Waals surface area contributed by atoms with Crippen LogP contribution in [-0.4, -0.2) is 0 Å². The summed E-state index contributed by atoms with van der Waals surface area (Å²) in [5.74, 6) is 2.27. The smallest absolute Gasteiger partial charge is 0.0120 e. The summed E-state index contributed by atoms with van der Waals surface area (Å²) in [5, 5.41) is 0. The third kappa shape index (κ3) is 5.09. The zero-order chi connectivity index (χ0) is 21.9. The Kier molecular flexibility index (Phi) is 7.30. The number of rotatable bonds is 5. The van der Waals surface area contributed by atoms with E-state index in [1.807, 2.05) is 0 Å². The first-order valence-electron chi connectivity index (χ1n) is 12.0. The number of hydrogen-bond donors (Lipinski definition) is 0. The van der Waals surface area contributed by atoms with Gasteiger partial charge in [0.15, 0.2) is 0 Å². The molecule has 0 radical (unpaired) electrons. The van der Waals surface area contributed by atoms with Crippen LogP contribution in [-0.2, 0) is 0 Å². The van der Waals surface area contributed by atoms with Crippen LogP contribution in [0.3, 0.4) is 0 Å². The number of fused-ring (bicyclic) bond motifs is 2. The van der Waals surface area contributed by atoms with Crippen LogP contribution in [0.2, 0.25) is 0 Å². The Morgan fingerprint density at radius 1 is 1.23 bits per heavy atom. The first-order valence-corrected chi connectivity index (χ1v) is 12.0. The van der Waals surface area contributed by atoms with Crippen LogP contribution in [0.25, 0.3) is 0 Å². The second-order valence-electron chi connectivity index (χ2n) is 10.6. The average molecular weight is 403 g/mol. The predicted octanol–water partition coefficient (Wildman–Crippen LogP) is 8.91. The van der Waals surface area contributed by atoms with Gasteiger partial charge < -0.3 is 0 Å². The fourth-order valence-electron chi connectivity index (χ4n) is 5.73. The van der Waals surface area contributed by atoms with E-state index in [0.717, 1.165) is 32.1 Å². The largest absolute Gasteiger partial charge is 0.121 e. The third-order valence-electron chi connectivity index (χ3n) is 7.83. The summed E-state index contributed by atoms with van der Waals surface area (Å²) >= 11 is 0. The highest BCUT2D eigenvalue weighted by molar-refractivity contribution is 5.33. The Balaban J connectivity index is 2.02. The van der Waals surface area contributed by atoms with Crippen molar-refractivity contribution < 1.29 is 0 Å². The molecule has 0 saturated heterocycles. The first-order chi connectivity index (χ1) is 14.3. The lowest BCUT2D eigenvalue weighted by Gasteiger charge is -2.34. The number of hydrogen-bond acceptors (Lipinski definition) is 0. The van der Waals surface area contributed by atoms with E-state index in [9.17, 15) is 0 Å². The Morgan fingerprint density at radius 2 is 2.00 bits per heavy atom. The van der Waals surface area contributed by atoms with Gasteiger partial charge in [-0.15, -0.1) is 12.3 Å². The van der Waals surface area contributed by atoms with Gasteiger partial charge in [0.2, 0.25) is 0 Å². The summed E-state index contributed by atoms with van der Waals surface area (Å²) in [6, 6.07) is 0. The van der Waals surface area contributed by atoms with Gasteiger partial charge in [-0.05, 0) is 93.6 Å².